The van der Waals surface area contributed by atoms with Gasteiger partial charge >= 0.3 is 10.8 Å². The van der Waals surface area contributed by atoms with Gasteiger partial charge in [0.2, 0.25) is 11.8 Å². The number of rotatable bonds is 9. The van der Waals surface area contributed by atoms with E-state index < -0.39 is 17.8 Å². The number of thioether (sulfide) groups is 1. The third-order valence-corrected chi connectivity index (χ3v) is 12.9. The molecule has 2 bridgehead atoms. The first-order chi connectivity index (χ1) is 24.2. The molecule has 3 amide bonds. The van der Waals surface area contributed by atoms with Crippen molar-refractivity contribution in [3.05, 3.63) is 98.5 Å². The molecule has 4 aromatic rings. The zero-order chi connectivity index (χ0) is 34.7. The molecule has 2 aliphatic heterocycles. The molecule has 1 aromatic heterocycles. The predicted octanol–water partition coefficient (Wildman–Crippen LogP) is 5.32. The third kappa shape index (κ3) is 5.39. The summed E-state index contributed by atoms with van der Waals surface area (Å²) in [6.07, 6.45) is 0.776. The largest absolute Gasteiger partial charge is 0.497 e. The maximum atomic E-state index is 14.1. The molecule has 6 unspecified atom stereocenters. The van der Waals surface area contributed by atoms with Crippen LogP contribution in [0.5, 0.6) is 11.5 Å². The second kappa shape index (κ2) is 12.8. The fourth-order valence-corrected chi connectivity index (χ4v) is 11.3. The summed E-state index contributed by atoms with van der Waals surface area (Å²) in [7, 11) is 1.57. The maximum Gasteiger partial charge on any atom is 0.338 e. The number of thiazole rings is 1. The van der Waals surface area contributed by atoms with Crippen LogP contribution in [0.4, 0.5) is 11.4 Å². The first-order valence-electron chi connectivity index (χ1n) is 16.5. The monoisotopic (exact) mass is 711 g/mol. The molecule has 1 saturated heterocycles. The number of carbonyl (C=O) groups excluding carboxylic acids is 4. The Morgan fingerprint density at radius 3 is 2.40 bits per heavy atom. The van der Waals surface area contributed by atoms with Gasteiger partial charge in [-0.3, -0.25) is 24.1 Å². The Hall–Kier alpha value is -4.88. The maximum absolute atomic E-state index is 14.1. The van der Waals surface area contributed by atoms with Crippen LogP contribution in [0.25, 0.3) is 0 Å². The van der Waals surface area contributed by atoms with Crippen LogP contribution in [0, 0.1) is 29.6 Å². The van der Waals surface area contributed by atoms with Gasteiger partial charge in [-0.15, -0.1) is 11.8 Å². The number of aromatic nitrogens is 1. The molecule has 8 rings (SSSR count). The van der Waals surface area contributed by atoms with E-state index in [0.717, 1.165) is 21.9 Å². The molecule has 0 spiro atoms. The predicted molar refractivity (Wildman–Crippen MR) is 187 cm³/mol. The van der Waals surface area contributed by atoms with E-state index in [9.17, 15) is 24.0 Å². The Balaban J connectivity index is 1.03. The molecular formula is C37H33N3O8S2. The van der Waals surface area contributed by atoms with Gasteiger partial charge in [0.25, 0.3) is 5.91 Å². The zero-order valence-electron chi connectivity index (χ0n) is 27.1. The molecule has 3 heterocycles. The lowest BCUT2D eigenvalue weighted by molar-refractivity contribution is -0.123. The number of ether oxygens (including phenoxy) is 3. The van der Waals surface area contributed by atoms with Crippen molar-refractivity contribution in [3.8, 4) is 11.5 Å². The number of amides is 3. The van der Waals surface area contributed by atoms with Crippen molar-refractivity contribution in [3.63, 3.8) is 0 Å². The number of carbonyl (C=O) groups is 4. The van der Waals surface area contributed by atoms with Crippen molar-refractivity contribution < 1.29 is 33.4 Å². The summed E-state index contributed by atoms with van der Waals surface area (Å²) < 4.78 is 16.2. The van der Waals surface area contributed by atoms with E-state index in [-0.39, 0.29) is 64.7 Å². The molecular weight excluding hydrogens is 679 g/mol. The first-order valence-corrected chi connectivity index (χ1v) is 18.2. The number of esters is 1. The second-order valence-electron chi connectivity index (χ2n) is 12.9. The number of H-pyrrole nitrogens is 1. The van der Waals surface area contributed by atoms with Crippen molar-refractivity contribution in [1.29, 1.82) is 0 Å². The van der Waals surface area contributed by atoms with Gasteiger partial charge in [0, 0.05) is 21.7 Å². The highest BCUT2D eigenvalue weighted by Gasteiger charge is 2.69. The van der Waals surface area contributed by atoms with E-state index in [1.165, 1.54) is 16.2 Å². The van der Waals surface area contributed by atoms with Crippen LogP contribution in [-0.2, 0) is 19.1 Å². The number of hydrogen-bond acceptors (Lipinski definition) is 10. The molecule has 2 saturated carbocycles. The van der Waals surface area contributed by atoms with Gasteiger partial charge in [-0.2, -0.15) is 0 Å². The van der Waals surface area contributed by atoms with E-state index in [1.54, 1.807) is 80.4 Å². The molecule has 0 radical (unpaired) electrons. The third-order valence-electron chi connectivity index (χ3n) is 10.3. The van der Waals surface area contributed by atoms with Crippen LogP contribution in [0.1, 0.15) is 40.1 Å². The van der Waals surface area contributed by atoms with Crippen LogP contribution in [0.2, 0.25) is 0 Å². The van der Waals surface area contributed by atoms with Crippen LogP contribution < -0.4 is 24.6 Å². The quantitative estimate of drug-likeness (QED) is 0.174. The molecule has 256 valence electrons. The lowest BCUT2D eigenvalue weighted by atomic mass is 9.68. The number of nitrogens with zero attached hydrogens (tertiary/aromatic N) is 1. The lowest BCUT2D eigenvalue weighted by Gasteiger charge is -2.43. The van der Waals surface area contributed by atoms with E-state index in [4.69, 9.17) is 14.2 Å². The standard InChI is InChI=1S/C37H33N3O8S2/c1-3-47-36(44)18-7-9-20(10-8-18)38-26(41)17-48-23-6-4-5-19(15-23)27-28-24-16-25(31(28)49-33-32(27)50-37(45)39-33)30-29(24)34(42)40(35(30)43)21-11-13-22(46-2)14-12-21/h4-15,24-25,27-31H,3,16-17H2,1-2H3,(H,38,41)(H,39,45)/t24?,25?,27-,28?,29?,30?,31?/m1/s1. The van der Waals surface area contributed by atoms with Crippen LogP contribution >= 0.6 is 23.1 Å². The highest BCUT2D eigenvalue weighted by molar-refractivity contribution is 8.00. The van der Waals surface area contributed by atoms with Gasteiger partial charge in [-0.25, -0.2) is 4.79 Å². The number of fused-ring (bicyclic) bond motifs is 9. The molecule has 7 atom stereocenters. The van der Waals surface area contributed by atoms with Crippen molar-refractivity contribution in [2.45, 2.75) is 29.5 Å². The number of anilines is 2. The minimum absolute atomic E-state index is 0.00626. The fourth-order valence-electron chi connectivity index (χ4n) is 8.42. The summed E-state index contributed by atoms with van der Waals surface area (Å²) in [5.41, 5.74) is 2.38. The molecule has 2 N–H and O–H groups in total. The topological polar surface area (TPSA) is 144 Å². The van der Waals surface area contributed by atoms with Gasteiger partial charge in [0.15, 0.2) is 6.61 Å². The summed E-state index contributed by atoms with van der Waals surface area (Å²) in [5, 5.41) is 3.64. The average Bonchev–Trinajstić information content (AvgIpc) is 3.86. The van der Waals surface area contributed by atoms with E-state index in [1.807, 2.05) is 18.2 Å². The molecule has 2 aliphatic carbocycles. The Kier molecular flexibility index (Phi) is 8.26. The number of benzene rings is 3. The Morgan fingerprint density at radius 2 is 1.68 bits per heavy atom. The number of nitrogens with one attached hydrogen (secondary N) is 2. The van der Waals surface area contributed by atoms with Gasteiger partial charge in [-0.1, -0.05) is 23.5 Å². The Labute approximate surface area is 295 Å². The van der Waals surface area contributed by atoms with E-state index in [2.05, 4.69) is 10.3 Å². The molecule has 11 nitrogen and oxygen atoms in total. The Morgan fingerprint density at radius 1 is 0.940 bits per heavy atom. The fraction of sp³-hybridized carbons (Fsp3) is 0.324. The van der Waals surface area contributed by atoms with Crippen molar-refractivity contribution in [2.75, 3.05) is 30.5 Å². The summed E-state index contributed by atoms with van der Waals surface area (Å²) in [6.45, 7) is 1.76. The number of hydrogen-bond donors (Lipinski definition) is 2. The van der Waals surface area contributed by atoms with Crippen LogP contribution in [0.3, 0.4) is 0 Å². The number of imide groups is 1. The van der Waals surface area contributed by atoms with E-state index >= 15 is 0 Å². The van der Waals surface area contributed by atoms with Gasteiger partial charge in [0.05, 0.1) is 41.8 Å². The van der Waals surface area contributed by atoms with Crippen molar-refractivity contribution in [1.82, 2.24) is 4.98 Å². The first kappa shape index (κ1) is 32.3. The normalized spacial score (nSPS) is 25.9. The Bertz CT molecular complexity index is 2060. The van der Waals surface area contributed by atoms with Gasteiger partial charge in [-0.05, 0) is 97.3 Å². The molecule has 4 aliphatic rings. The minimum Gasteiger partial charge on any atom is -0.497 e. The summed E-state index contributed by atoms with van der Waals surface area (Å²) in [6, 6.07) is 21.0. The average molecular weight is 712 g/mol. The molecule has 13 heteroatoms. The summed E-state index contributed by atoms with van der Waals surface area (Å²) in [5.74, 6) is -1.01. The highest BCUT2D eigenvalue weighted by Crippen LogP contribution is 2.68. The summed E-state index contributed by atoms with van der Waals surface area (Å²) in [4.78, 5) is 70.5. The second-order valence-corrected chi connectivity index (χ2v) is 15.1. The highest BCUT2D eigenvalue weighted by atomic mass is 32.2. The molecule has 3 fully saturated rings. The van der Waals surface area contributed by atoms with Gasteiger partial charge < -0.3 is 24.5 Å². The number of aromatic amines is 1. The van der Waals surface area contributed by atoms with Crippen molar-refractivity contribution >= 4 is 58.2 Å². The minimum atomic E-state index is -0.431. The zero-order valence-corrected chi connectivity index (χ0v) is 28.8. The SMILES string of the molecule is CCOC(=O)c1ccc(NC(=O)COc2cccc([C@H]3c4sc(=O)[nH]c4SC4C5CC(C6C(=O)N(c7ccc(OC)cc7)C(=O)C56)C43)c2)cc1. The van der Waals surface area contributed by atoms with Crippen LogP contribution in [0.15, 0.2) is 82.6 Å². The summed E-state index contributed by atoms with van der Waals surface area (Å²) >= 11 is 2.82. The van der Waals surface area contributed by atoms with Gasteiger partial charge in [0.1, 0.15) is 11.5 Å². The smallest absolute Gasteiger partial charge is 0.338 e. The molecule has 3 aromatic carbocycles. The van der Waals surface area contributed by atoms with Crippen molar-refractivity contribution in [2.24, 2.45) is 29.6 Å². The molecule has 50 heavy (non-hydrogen) atoms. The van der Waals surface area contributed by atoms with E-state index in [0.29, 0.717) is 28.4 Å². The van der Waals surface area contributed by atoms with Crippen LogP contribution in [-0.4, -0.2) is 54.2 Å². The lowest BCUT2D eigenvalue weighted by Crippen LogP contribution is -2.42. The number of methoxy groups -OCH3 is 1.